The van der Waals surface area contributed by atoms with Crippen LogP contribution in [0.4, 0.5) is 4.39 Å². The summed E-state index contributed by atoms with van der Waals surface area (Å²) >= 11 is 0. The number of carbonyl (C=O) groups excluding carboxylic acids is 2. The first-order valence-electron chi connectivity index (χ1n) is 9.66. The predicted molar refractivity (Wildman–Crippen MR) is 101 cm³/mol. The Balaban J connectivity index is 1.39. The molecule has 2 saturated heterocycles. The van der Waals surface area contributed by atoms with Gasteiger partial charge in [0.1, 0.15) is 17.7 Å². The van der Waals surface area contributed by atoms with Crippen LogP contribution in [0.25, 0.3) is 0 Å². The molecule has 2 heterocycles. The summed E-state index contributed by atoms with van der Waals surface area (Å²) in [5.41, 5.74) is 0. The van der Waals surface area contributed by atoms with Crippen molar-refractivity contribution in [1.82, 2.24) is 9.80 Å². The third-order valence-electron chi connectivity index (χ3n) is 5.48. The van der Waals surface area contributed by atoms with Gasteiger partial charge in [-0.2, -0.15) is 0 Å². The number of rotatable bonds is 5. The average Bonchev–Trinajstić information content (AvgIpc) is 2.70. The van der Waals surface area contributed by atoms with Crippen molar-refractivity contribution in [2.45, 2.75) is 38.2 Å². The minimum Gasteiger partial charge on any atom is -0.490 e. The Morgan fingerprint density at radius 1 is 1.04 bits per heavy atom. The van der Waals surface area contributed by atoms with Crippen molar-refractivity contribution in [1.29, 1.82) is 0 Å². The Bertz CT molecular complexity index is 661. The van der Waals surface area contributed by atoms with Crippen LogP contribution in [0.5, 0.6) is 5.75 Å². The monoisotopic (exact) mass is 374 g/mol. The molecule has 2 aliphatic rings. The van der Waals surface area contributed by atoms with Crippen LogP contribution in [0.1, 0.15) is 32.1 Å². The number of carbonyl (C=O) groups is 2. The molecule has 6 heteroatoms. The zero-order chi connectivity index (χ0) is 19.2. The number of amides is 2. The minimum atomic E-state index is -0.276. The second-order valence-corrected chi connectivity index (χ2v) is 7.33. The molecule has 146 valence electrons. The first-order chi connectivity index (χ1) is 13.0. The number of piperidine rings is 2. The lowest BCUT2D eigenvalue weighted by atomic mass is 9.92. The summed E-state index contributed by atoms with van der Waals surface area (Å²) in [6, 6.07) is 6.05. The number of halogens is 1. The highest BCUT2D eigenvalue weighted by atomic mass is 19.1. The summed E-state index contributed by atoms with van der Waals surface area (Å²) in [5.74, 6) is 0.913. The van der Waals surface area contributed by atoms with Gasteiger partial charge in [0.05, 0.1) is 0 Å². The molecular weight excluding hydrogens is 347 g/mol. The van der Waals surface area contributed by atoms with E-state index in [4.69, 9.17) is 4.74 Å². The zero-order valence-corrected chi connectivity index (χ0v) is 15.6. The van der Waals surface area contributed by atoms with E-state index < -0.39 is 0 Å². The largest absolute Gasteiger partial charge is 0.490 e. The Kier molecular flexibility index (Phi) is 6.48. The van der Waals surface area contributed by atoms with Crippen molar-refractivity contribution in [3.05, 3.63) is 42.7 Å². The summed E-state index contributed by atoms with van der Waals surface area (Å²) in [6.07, 6.45) is 5.28. The Labute approximate surface area is 159 Å². The van der Waals surface area contributed by atoms with E-state index in [1.807, 2.05) is 4.90 Å². The average molecular weight is 374 g/mol. The summed E-state index contributed by atoms with van der Waals surface area (Å²) in [6.45, 7) is 6.32. The van der Waals surface area contributed by atoms with E-state index in [1.165, 1.54) is 18.2 Å². The van der Waals surface area contributed by atoms with Gasteiger partial charge < -0.3 is 14.5 Å². The lowest BCUT2D eigenvalue weighted by Gasteiger charge is -2.35. The zero-order valence-electron chi connectivity index (χ0n) is 15.6. The minimum absolute atomic E-state index is 0.0250. The molecule has 27 heavy (non-hydrogen) atoms. The number of hydrogen-bond donors (Lipinski definition) is 0. The number of nitrogens with zero attached hydrogens (tertiary/aromatic N) is 2. The van der Waals surface area contributed by atoms with E-state index in [0.29, 0.717) is 44.3 Å². The molecule has 1 aromatic rings. The van der Waals surface area contributed by atoms with Crippen molar-refractivity contribution in [2.75, 3.05) is 26.2 Å². The second kappa shape index (κ2) is 9.02. The molecule has 0 bridgehead atoms. The topological polar surface area (TPSA) is 49.9 Å². The Hall–Kier alpha value is -2.37. The van der Waals surface area contributed by atoms with Crippen LogP contribution in [0.2, 0.25) is 0 Å². The van der Waals surface area contributed by atoms with Gasteiger partial charge in [-0.15, -0.1) is 0 Å². The molecule has 0 spiro atoms. The van der Waals surface area contributed by atoms with E-state index in [9.17, 15) is 14.0 Å². The second-order valence-electron chi connectivity index (χ2n) is 7.33. The molecule has 0 atom stereocenters. The number of likely N-dealkylation sites (tertiary alicyclic amines) is 2. The van der Waals surface area contributed by atoms with Crippen molar-refractivity contribution < 1.29 is 18.7 Å². The van der Waals surface area contributed by atoms with Gasteiger partial charge in [-0.1, -0.05) is 6.58 Å². The van der Waals surface area contributed by atoms with Gasteiger partial charge >= 0.3 is 0 Å². The van der Waals surface area contributed by atoms with Gasteiger partial charge in [0, 0.05) is 45.4 Å². The summed E-state index contributed by atoms with van der Waals surface area (Å²) < 4.78 is 18.8. The first-order valence-corrected chi connectivity index (χ1v) is 9.66. The first kappa shape index (κ1) is 19.4. The molecule has 3 rings (SSSR count). The number of ether oxygens (including phenoxy) is 1. The molecule has 2 fully saturated rings. The van der Waals surface area contributed by atoms with Crippen LogP contribution in [-0.2, 0) is 9.59 Å². The molecule has 1 aromatic carbocycles. The van der Waals surface area contributed by atoms with E-state index >= 15 is 0 Å². The van der Waals surface area contributed by atoms with Crippen LogP contribution in [0.15, 0.2) is 36.9 Å². The van der Waals surface area contributed by atoms with E-state index in [-0.39, 0.29) is 23.7 Å². The maximum atomic E-state index is 13.0. The van der Waals surface area contributed by atoms with Crippen molar-refractivity contribution in [2.24, 2.45) is 5.92 Å². The quantitative estimate of drug-likeness (QED) is 0.745. The van der Waals surface area contributed by atoms with Gasteiger partial charge in [-0.05, 0) is 49.1 Å². The van der Waals surface area contributed by atoms with Gasteiger partial charge in [-0.3, -0.25) is 9.59 Å². The van der Waals surface area contributed by atoms with Gasteiger partial charge in [0.15, 0.2) is 0 Å². The highest BCUT2D eigenvalue weighted by Crippen LogP contribution is 2.24. The van der Waals surface area contributed by atoms with Crippen molar-refractivity contribution in [3.8, 4) is 5.75 Å². The molecule has 5 nitrogen and oxygen atoms in total. The maximum Gasteiger partial charge on any atom is 0.245 e. The smallest absolute Gasteiger partial charge is 0.245 e. The third-order valence-corrected chi connectivity index (χ3v) is 5.48. The van der Waals surface area contributed by atoms with Gasteiger partial charge in [0.25, 0.3) is 0 Å². The summed E-state index contributed by atoms with van der Waals surface area (Å²) in [5, 5.41) is 0. The normalized spacial score (nSPS) is 19.0. The fourth-order valence-electron chi connectivity index (χ4n) is 3.79. The molecule has 0 saturated carbocycles. The molecule has 0 aliphatic carbocycles. The van der Waals surface area contributed by atoms with Crippen LogP contribution >= 0.6 is 0 Å². The molecule has 2 aliphatic heterocycles. The standard InChI is InChI=1S/C21H27FN2O3/c1-2-20(25)23-11-7-16(8-12-23)15-21(26)24-13-9-19(10-14-24)27-18-5-3-17(22)4-6-18/h2-6,16,19H,1,7-15H2. The summed E-state index contributed by atoms with van der Waals surface area (Å²) in [7, 11) is 0. The fourth-order valence-corrected chi connectivity index (χ4v) is 3.79. The Morgan fingerprint density at radius 3 is 2.22 bits per heavy atom. The van der Waals surface area contributed by atoms with Gasteiger partial charge in [-0.25, -0.2) is 4.39 Å². The van der Waals surface area contributed by atoms with E-state index in [1.54, 1.807) is 17.0 Å². The lowest BCUT2D eigenvalue weighted by Crippen LogP contribution is -2.43. The molecule has 0 N–H and O–H groups in total. The lowest BCUT2D eigenvalue weighted by molar-refractivity contribution is -0.134. The number of benzene rings is 1. The van der Waals surface area contributed by atoms with E-state index in [0.717, 1.165) is 25.7 Å². The van der Waals surface area contributed by atoms with Crippen LogP contribution in [-0.4, -0.2) is 53.9 Å². The van der Waals surface area contributed by atoms with Crippen LogP contribution < -0.4 is 4.74 Å². The number of hydrogen-bond acceptors (Lipinski definition) is 3. The molecular formula is C21H27FN2O3. The van der Waals surface area contributed by atoms with E-state index in [2.05, 4.69) is 6.58 Å². The fraction of sp³-hybridized carbons (Fsp3) is 0.524. The molecule has 0 unspecified atom stereocenters. The third kappa shape index (κ3) is 5.31. The summed E-state index contributed by atoms with van der Waals surface area (Å²) in [4.78, 5) is 27.9. The molecule has 2 amide bonds. The molecule has 0 radical (unpaired) electrons. The van der Waals surface area contributed by atoms with Gasteiger partial charge in [0.2, 0.25) is 11.8 Å². The van der Waals surface area contributed by atoms with Crippen LogP contribution in [0.3, 0.4) is 0 Å². The highest BCUT2D eigenvalue weighted by Gasteiger charge is 2.28. The predicted octanol–water partition coefficient (Wildman–Crippen LogP) is 3.01. The SMILES string of the molecule is C=CC(=O)N1CCC(CC(=O)N2CCC(Oc3ccc(F)cc3)CC2)CC1. The van der Waals surface area contributed by atoms with Crippen LogP contribution in [0, 0.1) is 11.7 Å². The molecule has 0 aromatic heterocycles. The highest BCUT2D eigenvalue weighted by molar-refractivity contribution is 5.87. The van der Waals surface area contributed by atoms with Crippen molar-refractivity contribution >= 4 is 11.8 Å². The Morgan fingerprint density at radius 2 is 1.63 bits per heavy atom. The van der Waals surface area contributed by atoms with Crippen molar-refractivity contribution in [3.63, 3.8) is 0 Å². The maximum absolute atomic E-state index is 13.0.